The second-order valence-electron chi connectivity index (χ2n) is 6.27. The van der Waals surface area contributed by atoms with Crippen molar-refractivity contribution in [3.63, 3.8) is 0 Å². The first-order valence-electron chi connectivity index (χ1n) is 7.77. The molecule has 1 aliphatic heterocycles. The molecule has 1 aliphatic rings. The minimum absolute atomic E-state index is 0. The molecule has 0 amide bonds. The van der Waals surface area contributed by atoms with Gasteiger partial charge in [0.2, 0.25) is 0 Å². The first-order chi connectivity index (χ1) is 9.43. The Bertz CT molecular complexity index is 288. The minimum atomic E-state index is 0. The second-order valence-corrected chi connectivity index (χ2v) is 6.27. The summed E-state index contributed by atoms with van der Waals surface area (Å²) in [5, 5.41) is 0. The molecule has 0 radical (unpaired) electrons. The quantitative estimate of drug-likeness (QED) is 0.388. The maximum absolute atomic E-state index is 4.75. The van der Waals surface area contributed by atoms with Gasteiger partial charge >= 0.3 is 0 Å². The molecule has 1 saturated heterocycles. The number of likely N-dealkylation sites (N-methyl/N-ethyl adjacent to an activating group) is 1. The number of hydrogen-bond donors (Lipinski definition) is 0. The van der Waals surface area contributed by atoms with Crippen LogP contribution in [0.1, 0.15) is 13.8 Å². The van der Waals surface area contributed by atoms with E-state index in [9.17, 15) is 0 Å². The van der Waals surface area contributed by atoms with Crippen molar-refractivity contribution in [1.82, 2.24) is 19.6 Å². The molecule has 0 spiro atoms. The number of guanidine groups is 1. The number of piperazine rings is 1. The van der Waals surface area contributed by atoms with E-state index in [4.69, 9.17) is 4.99 Å². The molecule has 1 rings (SSSR count). The summed E-state index contributed by atoms with van der Waals surface area (Å²) < 4.78 is 0. The van der Waals surface area contributed by atoms with Crippen LogP contribution in [0.3, 0.4) is 0 Å². The average molecular weight is 411 g/mol. The van der Waals surface area contributed by atoms with Crippen LogP contribution in [0.15, 0.2) is 4.99 Å². The molecule has 0 aromatic carbocycles. The lowest BCUT2D eigenvalue weighted by atomic mass is 10.1. The van der Waals surface area contributed by atoms with Crippen molar-refractivity contribution in [3.05, 3.63) is 0 Å². The van der Waals surface area contributed by atoms with Crippen LogP contribution in [-0.2, 0) is 0 Å². The highest BCUT2D eigenvalue weighted by Gasteiger charge is 2.17. The smallest absolute Gasteiger partial charge is 0.195 e. The lowest BCUT2D eigenvalue weighted by molar-refractivity contribution is 0.125. The van der Waals surface area contributed by atoms with Gasteiger partial charge in [0, 0.05) is 67.5 Å². The molecule has 0 saturated carbocycles. The maximum atomic E-state index is 4.75. The van der Waals surface area contributed by atoms with Gasteiger partial charge in [-0.1, -0.05) is 13.8 Å². The molecule has 1 heterocycles. The Kier molecular flexibility index (Phi) is 10.6. The largest absolute Gasteiger partial charge is 0.349 e. The van der Waals surface area contributed by atoms with Crippen molar-refractivity contribution in [2.75, 3.05) is 74.0 Å². The van der Waals surface area contributed by atoms with Crippen LogP contribution in [0.5, 0.6) is 0 Å². The Morgan fingerprint density at radius 2 is 1.48 bits per heavy atom. The zero-order valence-corrected chi connectivity index (χ0v) is 17.0. The predicted octanol–water partition coefficient (Wildman–Crippen LogP) is 1.36. The van der Waals surface area contributed by atoms with E-state index in [0.717, 1.165) is 19.0 Å². The lowest BCUT2D eigenvalue weighted by Gasteiger charge is -2.35. The Morgan fingerprint density at radius 3 is 1.90 bits per heavy atom. The third-order valence-corrected chi connectivity index (χ3v) is 3.83. The van der Waals surface area contributed by atoms with Crippen molar-refractivity contribution in [1.29, 1.82) is 0 Å². The molecule has 1 atom stereocenters. The SMILES string of the molecule is CCN1CCN(CC(C)CN=C(N(C)C)N(C)C)CC1.I. The van der Waals surface area contributed by atoms with E-state index in [-0.39, 0.29) is 24.0 Å². The highest BCUT2D eigenvalue weighted by atomic mass is 127. The van der Waals surface area contributed by atoms with Crippen LogP contribution in [-0.4, -0.2) is 99.6 Å². The third-order valence-electron chi connectivity index (χ3n) is 3.83. The molecule has 5 nitrogen and oxygen atoms in total. The summed E-state index contributed by atoms with van der Waals surface area (Å²) in [6, 6.07) is 0. The van der Waals surface area contributed by atoms with Gasteiger partial charge in [0.05, 0.1) is 0 Å². The maximum Gasteiger partial charge on any atom is 0.195 e. The average Bonchev–Trinajstić information content (AvgIpc) is 2.39. The van der Waals surface area contributed by atoms with Crippen molar-refractivity contribution in [2.24, 2.45) is 10.9 Å². The highest BCUT2D eigenvalue weighted by Crippen LogP contribution is 2.06. The Labute approximate surface area is 148 Å². The molecule has 1 fully saturated rings. The summed E-state index contributed by atoms with van der Waals surface area (Å²) in [5.74, 6) is 1.66. The molecule has 0 aromatic rings. The van der Waals surface area contributed by atoms with Crippen LogP contribution in [0.4, 0.5) is 0 Å². The summed E-state index contributed by atoms with van der Waals surface area (Å²) in [7, 11) is 8.20. The monoisotopic (exact) mass is 411 g/mol. The summed E-state index contributed by atoms with van der Waals surface area (Å²) in [4.78, 5) is 14.0. The molecule has 0 aromatic heterocycles. The highest BCUT2D eigenvalue weighted by molar-refractivity contribution is 14.0. The van der Waals surface area contributed by atoms with E-state index < -0.39 is 0 Å². The molecule has 1 unspecified atom stereocenters. The van der Waals surface area contributed by atoms with Crippen molar-refractivity contribution >= 4 is 29.9 Å². The van der Waals surface area contributed by atoms with Crippen LogP contribution in [0, 0.1) is 5.92 Å². The minimum Gasteiger partial charge on any atom is -0.349 e. The van der Waals surface area contributed by atoms with E-state index >= 15 is 0 Å². The van der Waals surface area contributed by atoms with Crippen LogP contribution in [0.25, 0.3) is 0 Å². The fraction of sp³-hybridized carbons (Fsp3) is 0.933. The van der Waals surface area contributed by atoms with Gasteiger partial charge in [-0.05, 0) is 12.5 Å². The Balaban J connectivity index is 0.00000400. The zero-order chi connectivity index (χ0) is 15.1. The number of nitrogens with zero attached hydrogens (tertiary/aromatic N) is 5. The summed E-state index contributed by atoms with van der Waals surface area (Å²) >= 11 is 0. The third kappa shape index (κ3) is 7.65. The van der Waals surface area contributed by atoms with Crippen LogP contribution < -0.4 is 0 Å². The summed E-state index contributed by atoms with van der Waals surface area (Å²) in [6.45, 7) is 12.6. The number of rotatable bonds is 5. The van der Waals surface area contributed by atoms with Gasteiger partial charge in [-0.15, -0.1) is 24.0 Å². The first kappa shape index (κ1) is 20.9. The molecule has 0 bridgehead atoms. The van der Waals surface area contributed by atoms with E-state index in [1.165, 1.54) is 32.7 Å². The van der Waals surface area contributed by atoms with Gasteiger partial charge < -0.3 is 19.6 Å². The topological polar surface area (TPSA) is 25.3 Å². The second kappa shape index (κ2) is 10.6. The van der Waals surface area contributed by atoms with Crippen molar-refractivity contribution in [2.45, 2.75) is 13.8 Å². The Morgan fingerprint density at radius 1 is 1.00 bits per heavy atom. The number of aliphatic imine (C=N–C) groups is 1. The first-order valence-corrected chi connectivity index (χ1v) is 7.77. The molecular weight excluding hydrogens is 377 g/mol. The lowest BCUT2D eigenvalue weighted by Crippen LogP contribution is -2.47. The number of hydrogen-bond acceptors (Lipinski definition) is 3. The molecule has 21 heavy (non-hydrogen) atoms. The van der Waals surface area contributed by atoms with Crippen molar-refractivity contribution in [3.8, 4) is 0 Å². The summed E-state index contributed by atoms with van der Waals surface area (Å²) in [6.07, 6.45) is 0. The molecule has 126 valence electrons. The van der Waals surface area contributed by atoms with Crippen LogP contribution >= 0.6 is 24.0 Å². The van der Waals surface area contributed by atoms with Crippen LogP contribution in [0.2, 0.25) is 0 Å². The van der Waals surface area contributed by atoms with Gasteiger partial charge in [0.25, 0.3) is 0 Å². The molecular formula is C15H34IN5. The van der Waals surface area contributed by atoms with Gasteiger partial charge in [-0.25, -0.2) is 0 Å². The Hall–Kier alpha value is -0.0800. The van der Waals surface area contributed by atoms with E-state index in [2.05, 4.69) is 33.4 Å². The van der Waals surface area contributed by atoms with E-state index in [1.807, 2.05) is 28.2 Å². The molecule has 0 aliphatic carbocycles. The van der Waals surface area contributed by atoms with Gasteiger partial charge in [-0.3, -0.25) is 4.99 Å². The fourth-order valence-corrected chi connectivity index (χ4v) is 2.71. The zero-order valence-electron chi connectivity index (χ0n) is 14.7. The van der Waals surface area contributed by atoms with Gasteiger partial charge in [-0.2, -0.15) is 0 Å². The fourth-order valence-electron chi connectivity index (χ4n) is 2.71. The van der Waals surface area contributed by atoms with Gasteiger partial charge in [0.1, 0.15) is 0 Å². The predicted molar refractivity (Wildman–Crippen MR) is 103 cm³/mol. The summed E-state index contributed by atoms with van der Waals surface area (Å²) in [5.41, 5.74) is 0. The standard InChI is InChI=1S/C15H33N5.HI/c1-7-19-8-10-20(11-9-19)13-14(2)12-16-15(17(3)4)18(5)6;/h14H,7-13H2,1-6H3;1H. The number of halogens is 1. The van der Waals surface area contributed by atoms with Gasteiger partial charge in [0.15, 0.2) is 5.96 Å². The van der Waals surface area contributed by atoms with E-state index in [0.29, 0.717) is 5.92 Å². The normalized spacial score (nSPS) is 17.8. The molecule has 6 heteroatoms. The molecule has 0 N–H and O–H groups in total. The van der Waals surface area contributed by atoms with E-state index in [1.54, 1.807) is 0 Å². The van der Waals surface area contributed by atoms with Crippen molar-refractivity contribution < 1.29 is 0 Å².